The third kappa shape index (κ3) is 3.67. The lowest BCUT2D eigenvalue weighted by molar-refractivity contribution is -0.177. The van der Waals surface area contributed by atoms with Gasteiger partial charge in [-0.25, -0.2) is 0 Å². The average molecular weight is 428 g/mol. The van der Waals surface area contributed by atoms with Crippen molar-refractivity contribution in [2.75, 3.05) is 39.9 Å². The summed E-state index contributed by atoms with van der Waals surface area (Å²) in [6.45, 7) is 2.79. The molecule has 8 nitrogen and oxygen atoms in total. The molecule has 0 bridgehead atoms. The summed E-state index contributed by atoms with van der Waals surface area (Å²) in [4.78, 5) is 21.1. The summed E-state index contributed by atoms with van der Waals surface area (Å²) in [5.41, 5.74) is -0.0638. The Hall–Kier alpha value is -2.26. The van der Waals surface area contributed by atoms with Crippen LogP contribution in [0.1, 0.15) is 35.2 Å². The van der Waals surface area contributed by atoms with Gasteiger partial charge < -0.3 is 23.9 Å². The van der Waals surface area contributed by atoms with Crippen molar-refractivity contribution in [1.29, 1.82) is 0 Å². The summed E-state index contributed by atoms with van der Waals surface area (Å²) in [6, 6.07) is 9.09. The number of amides is 1. The lowest BCUT2D eigenvalue weighted by atomic mass is 9.81. The Balaban J connectivity index is 1.28. The molecule has 0 aromatic carbocycles. The van der Waals surface area contributed by atoms with Gasteiger partial charge in [0.25, 0.3) is 5.91 Å². The normalized spacial score (nSPS) is 33.9. The number of aromatic nitrogens is 1. The summed E-state index contributed by atoms with van der Waals surface area (Å²) >= 11 is 0. The number of methoxy groups -OCH3 is 1. The molecule has 2 aliphatic heterocycles. The highest BCUT2D eigenvalue weighted by Crippen LogP contribution is 2.49. The lowest BCUT2D eigenvalue weighted by Gasteiger charge is -2.47. The molecule has 31 heavy (non-hydrogen) atoms. The summed E-state index contributed by atoms with van der Waals surface area (Å²) < 4.78 is 17.2. The van der Waals surface area contributed by atoms with Crippen LogP contribution in [0.5, 0.6) is 0 Å². The molecule has 4 heterocycles. The van der Waals surface area contributed by atoms with Gasteiger partial charge in [0.1, 0.15) is 5.60 Å². The van der Waals surface area contributed by atoms with Gasteiger partial charge in [-0.15, -0.1) is 0 Å². The SMILES string of the molecule is CO[C@H]1C[C@@H]2C[C@H](c3ccccn3)OC[C@]2(O)[C@@H]1N1CCN(C(=O)c2ccco2)CC1. The first-order valence-corrected chi connectivity index (χ1v) is 10.9. The molecule has 8 heteroatoms. The lowest BCUT2D eigenvalue weighted by Crippen LogP contribution is -2.63. The van der Waals surface area contributed by atoms with E-state index >= 15 is 0 Å². The number of carbonyl (C=O) groups excluding carboxylic acids is 1. The molecule has 0 spiro atoms. The molecule has 0 unspecified atom stereocenters. The quantitative estimate of drug-likeness (QED) is 0.795. The molecule has 2 aromatic rings. The molecule has 3 fully saturated rings. The molecule has 3 aliphatic rings. The average Bonchev–Trinajstić information content (AvgIpc) is 3.45. The van der Waals surface area contributed by atoms with Crippen LogP contribution in [0.25, 0.3) is 0 Å². The minimum absolute atomic E-state index is 0.0750. The molecule has 1 saturated carbocycles. The van der Waals surface area contributed by atoms with E-state index in [1.165, 1.54) is 6.26 Å². The van der Waals surface area contributed by atoms with E-state index in [1.807, 2.05) is 23.1 Å². The van der Waals surface area contributed by atoms with E-state index < -0.39 is 5.60 Å². The van der Waals surface area contributed by atoms with Crippen LogP contribution in [-0.4, -0.2) is 83.4 Å². The van der Waals surface area contributed by atoms with Crippen LogP contribution >= 0.6 is 0 Å². The number of ether oxygens (including phenoxy) is 2. The van der Waals surface area contributed by atoms with Crippen molar-refractivity contribution in [1.82, 2.24) is 14.8 Å². The fourth-order valence-corrected chi connectivity index (χ4v) is 5.55. The van der Waals surface area contributed by atoms with Crippen LogP contribution in [0.4, 0.5) is 0 Å². The first-order chi connectivity index (χ1) is 15.1. The van der Waals surface area contributed by atoms with Gasteiger partial charge in [-0.05, 0) is 43.0 Å². The minimum Gasteiger partial charge on any atom is -0.459 e. The van der Waals surface area contributed by atoms with E-state index in [0.717, 1.165) is 18.5 Å². The number of hydrogen-bond donors (Lipinski definition) is 1. The van der Waals surface area contributed by atoms with Crippen molar-refractivity contribution >= 4 is 5.91 Å². The second-order valence-electron chi connectivity index (χ2n) is 8.74. The third-order valence-corrected chi connectivity index (χ3v) is 7.15. The predicted octanol–water partition coefficient (Wildman–Crippen LogP) is 1.73. The van der Waals surface area contributed by atoms with Crippen molar-refractivity contribution in [3.63, 3.8) is 0 Å². The van der Waals surface area contributed by atoms with Gasteiger partial charge >= 0.3 is 0 Å². The summed E-state index contributed by atoms with van der Waals surface area (Å²) in [6.07, 6.45) is 4.62. The van der Waals surface area contributed by atoms with Crippen molar-refractivity contribution in [3.05, 3.63) is 54.2 Å². The Bertz CT molecular complexity index is 884. The largest absolute Gasteiger partial charge is 0.459 e. The van der Waals surface area contributed by atoms with Gasteiger partial charge in [0.05, 0.1) is 36.8 Å². The molecule has 1 N–H and O–H groups in total. The van der Waals surface area contributed by atoms with E-state index in [-0.39, 0.29) is 36.7 Å². The Morgan fingerprint density at radius 3 is 2.71 bits per heavy atom. The van der Waals surface area contributed by atoms with E-state index in [9.17, 15) is 9.90 Å². The van der Waals surface area contributed by atoms with E-state index in [4.69, 9.17) is 13.9 Å². The minimum atomic E-state index is -0.973. The summed E-state index contributed by atoms with van der Waals surface area (Å²) in [5, 5.41) is 11.8. The highest BCUT2D eigenvalue weighted by Gasteiger charge is 2.59. The van der Waals surface area contributed by atoms with E-state index in [0.29, 0.717) is 31.9 Å². The van der Waals surface area contributed by atoms with Gasteiger partial charge in [0.15, 0.2) is 5.76 Å². The monoisotopic (exact) mass is 427 g/mol. The van der Waals surface area contributed by atoms with Gasteiger partial charge in [0, 0.05) is 39.5 Å². The summed E-state index contributed by atoms with van der Waals surface area (Å²) in [5.74, 6) is 0.352. The van der Waals surface area contributed by atoms with Crippen LogP contribution in [0.2, 0.25) is 0 Å². The molecule has 1 aliphatic carbocycles. The maximum atomic E-state index is 12.6. The Morgan fingerprint density at radius 2 is 2.03 bits per heavy atom. The van der Waals surface area contributed by atoms with Gasteiger partial charge in [-0.2, -0.15) is 0 Å². The number of pyridine rings is 1. The van der Waals surface area contributed by atoms with Crippen LogP contribution in [0.3, 0.4) is 0 Å². The number of aliphatic hydroxyl groups is 1. The van der Waals surface area contributed by atoms with Crippen molar-refractivity contribution < 1.29 is 23.8 Å². The maximum Gasteiger partial charge on any atom is 0.289 e. The number of carbonyl (C=O) groups is 1. The second-order valence-corrected chi connectivity index (χ2v) is 8.74. The zero-order chi connectivity index (χ0) is 21.4. The van der Waals surface area contributed by atoms with Crippen LogP contribution < -0.4 is 0 Å². The van der Waals surface area contributed by atoms with Gasteiger partial charge in [0.2, 0.25) is 0 Å². The molecule has 2 aromatic heterocycles. The first-order valence-electron chi connectivity index (χ1n) is 10.9. The van der Waals surface area contributed by atoms with Gasteiger partial charge in [-0.1, -0.05) is 6.07 Å². The second kappa shape index (κ2) is 8.35. The Labute approximate surface area is 181 Å². The number of piperazine rings is 1. The van der Waals surface area contributed by atoms with Crippen LogP contribution in [0.15, 0.2) is 47.2 Å². The topological polar surface area (TPSA) is 88.3 Å². The van der Waals surface area contributed by atoms with Crippen molar-refractivity contribution in [2.45, 2.75) is 36.7 Å². The summed E-state index contributed by atoms with van der Waals surface area (Å²) in [7, 11) is 1.71. The molecule has 5 atom stereocenters. The number of rotatable bonds is 4. The molecule has 166 valence electrons. The van der Waals surface area contributed by atoms with E-state index in [1.54, 1.807) is 25.4 Å². The number of nitrogens with zero attached hydrogens (tertiary/aromatic N) is 3. The van der Waals surface area contributed by atoms with Crippen molar-refractivity contribution in [2.24, 2.45) is 5.92 Å². The zero-order valence-corrected chi connectivity index (χ0v) is 17.7. The molecular weight excluding hydrogens is 398 g/mol. The van der Waals surface area contributed by atoms with Crippen molar-refractivity contribution in [3.8, 4) is 0 Å². The number of fused-ring (bicyclic) bond motifs is 1. The Morgan fingerprint density at radius 1 is 1.19 bits per heavy atom. The molecule has 5 rings (SSSR count). The third-order valence-electron chi connectivity index (χ3n) is 7.15. The highest BCUT2D eigenvalue weighted by atomic mass is 16.5. The molecule has 2 saturated heterocycles. The zero-order valence-electron chi connectivity index (χ0n) is 17.7. The fourth-order valence-electron chi connectivity index (χ4n) is 5.55. The maximum absolute atomic E-state index is 12.6. The van der Waals surface area contributed by atoms with E-state index in [2.05, 4.69) is 9.88 Å². The fraction of sp³-hybridized carbons (Fsp3) is 0.565. The highest BCUT2D eigenvalue weighted by molar-refractivity contribution is 5.91. The number of furan rings is 1. The standard InChI is InChI=1S/C23H29N3O5/c1-29-20-14-16-13-19(17-5-2-3-7-24-17)31-15-23(16,28)21(20)25-8-10-26(11-9-25)22(27)18-6-4-12-30-18/h2-7,12,16,19-21,28H,8-11,13-15H2,1H3/t16-,19+,20-,21+,23+/m0/s1. The van der Waals surface area contributed by atoms with Gasteiger partial charge in [-0.3, -0.25) is 14.7 Å². The first kappa shape index (κ1) is 20.6. The smallest absolute Gasteiger partial charge is 0.289 e. The molecule has 0 radical (unpaired) electrons. The molecule has 1 amide bonds. The predicted molar refractivity (Wildman–Crippen MR) is 111 cm³/mol. The number of hydrogen-bond acceptors (Lipinski definition) is 7. The van der Waals surface area contributed by atoms with Crippen LogP contribution in [0, 0.1) is 5.92 Å². The Kier molecular flexibility index (Phi) is 5.56. The van der Waals surface area contributed by atoms with Crippen LogP contribution in [-0.2, 0) is 9.47 Å². The molecular formula is C23H29N3O5.